The van der Waals surface area contributed by atoms with Gasteiger partial charge in [-0.25, -0.2) is 0 Å². The van der Waals surface area contributed by atoms with Gasteiger partial charge in [0.1, 0.15) is 6.04 Å². The van der Waals surface area contributed by atoms with Crippen molar-refractivity contribution in [2.24, 2.45) is 5.73 Å². The Kier molecular flexibility index (Phi) is 6.60. The topological polar surface area (TPSA) is 96.0 Å². The number of primary amides is 1. The molecule has 0 heterocycles. The molecule has 11 heteroatoms. The minimum atomic E-state index is -5.03. The summed E-state index contributed by atoms with van der Waals surface area (Å²) in [6, 6.07) is 1.25. The van der Waals surface area contributed by atoms with Gasteiger partial charge in [0.05, 0.1) is 23.6 Å². The van der Waals surface area contributed by atoms with Crippen molar-refractivity contribution in [1.82, 2.24) is 5.32 Å². The molecular formula is C15H13F6N3O2. The summed E-state index contributed by atoms with van der Waals surface area (Å²) in [4.78, 5) is 23.0. The van der Waals surface area contributed by atoms with Gasteiger partial charge < -0.3 is 11.1 Å². The molecular weight excluding hydrogens is 368 g/mol. The molecule has 0 aliphatic carbocycles. The zero-order valence-electron chi connectivity index (χ0n) is 13.0. The van der Waals surface area contributed by atoms with Crippen molar-refractivity contribution in [1.29, 1.82) is 5.26 Å². The molecule has 1 atom stereocenters. The zero-order chi connectivity index (χ0) is 20.1. The van der Waals surface area contributed by atoms with Gasteiger partial charge in [0, 0.05) is 6.42 Å². The SMILES string of the molecule is N#CCC[C@@H](NC(=O)Cc1cc(C(F)(F)F)cc(C(F)(F)F)c1)C(N)=O. The number of benzene rings is 1. The van der Waals surface area contributed by atoms with Crippen LogP contribution in [0.15, 0.2) is 18.2 Å². The van der Waals surface area contributed by atoms with E-state index in [0.29, 0.717) is 12.1 Å². The number of carbonyl (C=O) groups excluding carboxylic acids is 2. The fraction of sp³-hybridized carbons (Fsp3) is 0.400. The first kappa shape index (κ1) is 21.3. The highest BCUT2D eigenvalue weighted by Gasteiger charge is 2.37. The molecule has 0 unspecified atom stereocenters. The lowest BCUT2D eigenvalue weighted by Crippen LogP contribution is -2.44. The van der Waals surface area contributed by atoms with Gasteiger partial charge in [0.2, 0.25) is 11.8 Å². The summed E-state index contributed by atoms with van der Waals surface area (Å²) in [6.45, 7) is 0. The van der Waals surface area contributed by atoms with E-state index in [2.05, 4.69) is 5.32 Å². The molecule has 2 amide bonds. The normalized spacial score (nSPS) is 13.0. The average Bonchev–Trinajstić information content (AvgIpc) is 2.49. The maximum atomic E-state index is 12.8. The van der Waals surface area contributed by atoms with Crippen molar-refractivity contribution < 1.29 is 35.9 Å². The van der Waals surface area contributed by atoms with Crippen LogP contribution in [0.5, 0.6) is 0 Å². The molecule has 0 fully saturated rings. The number of carbonyl (C=O) groups is 2. The van der Waals surface area contributed by atoms with Gasteiger partial charge in [-0.05, 0) is 30.2 Å². The number of nitrogens with two attached hydrogens (primary N) is 1. The molecule has 0 aliphatic heterocycles. The van der Waals surface area contributed by atoms with Crippen molar-refractivity contribution >= 4 is 11.8 Å². The minimum Gasteiger partial charge on any atom is -0.368 e. The van der Waals surface area contributed by atoms with Crippen molar-refractivity contribution in [2.75, 3.05) is 0 Å². The Morgan fingerprint density at radius 3 is 1.96 bits per heavy atom. The fourth-order valence-electron chi connectivity index (χ4n) is 2.05. The Balaban J connectivity index is 3.06. The summed E-state index contributed by atoms with van der Waals surface area (Å²) in [5.74, 6) is -1.98. The molecule has 5 nitrogen and oxygen atoms in total. The lowest BCUT2D eigenvalue weighted by Gasteiger charge is -2.16. The van der Waals surface area contributed by atoms with Crippen molar-refractivity contribution in [3.63, 3.8) is 0 Å². The number of halogens is 6. The second-order valence-electron chi connectivity index (χ2n) is 5.31. The third-order valence-electron chi connectivity index (χ3n) is 3.24. The van der Waals surface area contributed by atoms with Crippen LogP contribution in [0, 0.1) is 11.3 Å². The van der Waals surface area contributed by atoms with Crippen LogP contribution in [0.1, 0.15) is 29.5 Å². The fourth-order valence-corrected chi connectivity index (χ4v) is 2.05. The molecule has 0 spiro atoms. The number of hydrogen-bond acceptors (Lipinski definition) is 3. The minimum absolute atomic E-state index is 0.0550. The Hall–Kier alpha value is -2.77. The predicted octanol–water partition coefficient (Wildman–Crippen LogP) is 2.54. The van der Waals surface area contributed by atoms with E-state index < -0.39 is 53.3 Å². The van der Waals surface area contributed by atoms with Gasteiger partial charge in [0.25, 0.3) is 0 Å². The zero-order valence-corrected chi connectivity index (χ0v) is 13.0. The van der Waals surface area contributed by atoms with Crippen LogP contribution in [0.2, 0.25) is 0 Å². The van der Waals surface area contributed by atoms with E-state index in [-0.39, 0.29) is 18.9 Å². The maximum Gasteiger partial charge on any atom is 0.416 e. The average molecular weight is 381 g/mol. The monoisotopic (exact) mass is 381 g/mol. The van der Waals surface area contributed by atoms with Crippen LogP contribution >= 0.6 is 0 Å². The Bertz CT molecular complexity index is 689. The molecule has 26 heavy (non-hydrogen) atoms. The number of nitrogens with zero attached hydrogens (tertiary/aromatic N) is 1. The number of rotatable bonds is 6. The molecule has 3 N–H and O–H groups in total. The lowest BCUT2D eigenvalue weighted by atomic mass is 10.0. The molecule has 1 aromatic rings. The first-order valence-corrected chi connectivity index (χ1v) is 7.08. The summed E-state index contributed by atoms with van der Waals surface area (Å²) < 4.78 is 76.6. The first-order chi connectivity index (χ1) is 11.8. The van der Waals surface area contributed by atoms with Crippen LogP contribution in [0.3, 0.4) is 0 Å². The van der Waals surface area contributed by atoms with Gasteiger partial charge in [-0.15, -0.1) is 0 Å². The summed E-state index contributed by atoms with van der Waals surface area (Å²) in [7, 11) is 0. The standard InChI is InChI=1S/C15H13F6N3O2/c16-14(17,18)9-4-8(5-10(7-9)15(19,20)21)6-12(25)24-11(13(23)26)2-1-3-22/h4-5,7,11H,1-2,6H2,(H2,23,26)(H,24,25)/t11-/m1/s1. The molecule has 142 valence electrons. The number of amides is 2. The highest BCUT2D eigenvalue weighted by molar-refractivity contribution is 5.87. The van der Waals surface area contributed by atoms with Crippen LogP contribution in [-0.2, 0) is 28.4 Å². The van der Waals surface area contributed by atoms with E-state index in [4.69, 9.17) is 11.0 Å². The summed E-state index contributed by atoms with van der Waals surface area (Å²) >= 11 is 0. The number of alkyl halides is 6. The molecule has 1 aromatic carbocycles. The van der Waals surface area contributed by atoms with Crippen LogP contribution in [0.25, 0.3) is 0 Å². The third kappa shape index (κ3) is 6.27. The molecule has 0 bridgehead atoms. The van der Waals surface area contributed by atoms with E-state index in [1.165, 1.54) is 0 Å². The van der Waals surface area contributed by atoms with E-state index in [1.54, 1.807) is 6.07 Å². The summed E-state index contributed by atoms with van der Waals surface area (Å²) in [5, 5.41) is 10.5. The third-order valence-corrected chi connectivity index (χ3v) is 3.24. The van der Waals surface area contributed by atoms with Crippen LogP contribution < -0.4 is 11.1 Å². The van der Waals surface area contributed by atoms with Crippen LogP contribution in [-0.4, -0.2) is 17.9 Å². The number of nitrogens with one attached hydrogen (secondary N) is 1. The Morgan fingerprint density at radius 2 is 1.58 bits per heavy atom. The van der Waals surface area contributed by atoms with Gasteiger partial charge in [-0.1, -0.05) is 0 Å². The predicted molar refractivity (Wildman–Crippen MR) is 76.1 cm³/mol. The van der Waals surface area contributed by atoms with E-state index in [0.717, 1.165) is 0 Å². The molecule has 0 saturated carbocycles. The maximum absolute atomic E-state index is 12.8. The summed E-state index contributed by atoms with van der Waals surface area (Å²) in [5.41, 5.74) is 1.39. The van der Waals surface area contributed by atoms with Gasteiger partial charge in [0.15, 0.2) is 0 Å². The van der Waals surface area contributed by atoms with Gasteiger partial charge >= 0.3 is 12.4 Å². The highest BCUT2D eigenvalue weighted by Crippen LogP contribution is 2.36. The number of hydrogen-bond donors (Lipinski definition) is 2. The number of nitriles is 1. The Labute approximate surface area is 143 Å². The van der Waals surface area contributed by atoms with Crippen molar-refractivity contribution in [2.45, 2.75) is 37.7 Å². The second-order valence-corrected chi connectivity index (χ2v) is 5.31. The van der Waals surface area contributed by atoms with Crippen LogP contribution in [0.4, 0.5) is 26.3 Å². The van der Waals surface area contributed by atoms with Gasteiger partial charge in [-0.3, -0.25) is 9.59 Å². The highest BCUT2D eigenvalue weighted by atomic mass is 19.4. The molecule has 0 aromatic heterocycles. The Morgan fingerprint density at radius 1 is 1.08 bits per heavy atom. The van der Waals surface area contributed by atoms with Gasteiger partial charge in [-0.2, -0.15) is 31.6 Å². The quantitative estimate of drug-likeness (QED) is 0.742. The largest absolute Gasteiger partial charge is 0.416 e. The molecule has 1 rings (SSSR count). The van der Waals surface area contributed by atoms with E-state index in [1.807, 2.05) is 0 Å². The molecule has 0 aliphatic rings. The first-order valence-electron chi connectivity index (χ1n) is 7.08. The smallest absolute Gasteiger partial charge is 0.368 e. The summed E-state index contributed by atoms with van der Waals surface area (Å²) in [6.07, 6.45) is -11.2. The van der Waals surface area contributed by atoms with Crippen molar-refractivity contribution in [3.8, 4) is 6.07 Å². The molecule has 0 saturated heterocycles. The van der Waals surface area contributed by atoms with Crippen molar-refractivity contribution in [3.05, 3.63) is 34.9 Å². The second kappa shape index (κ2) is 8.07. The lowest BCUT2D eigenvalue weighted by molar-refractivity contribution is -0.143. The van der Waals surface area contributed by atoms with E-state index >= 15 is 0 Å². The van der Waals surface area contributed by atoms with E-state index in [9.17, 15) is 35.9 Å². The molecule has 0 radical (unpaired) electrons.